The number of carbonyl (C=O) groups is 1. The van der Waals surface area contributed by atoms with Gasteiger partial charge in [-0.2, -0.15) is 0 Å². The molecule has 5 heteroatoms. The number of rotatable bonds is 7. The minimum Gasteiger partial charge on any atom is -0.492 e. The Labute approximate surface area is 123 Å². The second kappa shape index (κ2) is 6.95. The van der Waals surface area contributed by atoms with Crippen LogP contribution in [0.3, 0.4) is 0 Å². The van der Waals surface area contributed by atoms with E-state index in [0.717, 1.165) is 16.9 Å². The van der Waals surface area contributed by atoms with Gasteiger partial charge >= 0.3 is 5.97 Å². The van der Waals surface area contributed by atoms with Gasteiger partial charge in [-0.1, -0.05) is 12.1 Å². The van der Waals surface area contributed by atoms with Crippen LogP contribution in [0, 0.1) is 13.8 Å². The van der Waals surface area contributed by atoms with Gasteiger partial charge in [0.15, 0.2) is 0 Å². The molecule has 0 aliphatic carbocycles. The van der Waals surface area contributed by atoms with Crippen LogP contribution in [-0.4, -0.2) is 24.2 Å². The first-order chi connectivity index (χ1) is 10.1. The fraction of sp³-hybridized carbons (Fsp3) is 0.312. The molecule has 0 aliphatic rings. The third kappa shape index (κ3) is 4.36. The van der Waals surface area contributed by atoms with Crippen molar-refractivity contribution in [1.29, 1.82) is 0 Å². The van der Waals surface area contributed by atoms with E-state index in [1.54, 1.807) is 13.0 Å². The molecule has 2 rings (SSSR count). The number of hydrogen-bond donors (Lipinski definition) is 2. The molecule has 0 fully saturated rings. The van der Waals surface area contributed by atoms with E-state index in [1.165, 1.54) is 0 Å². The zero-order valence-corrected chi connectivity index (χ0v) is 12.2. The molecule has 0 saturated heterocycles. The molecule has 5 nitrogen and oxygen atoms in total. The van der Waals surface area contributed by atoms with Gasteiger partial charge in [0.1, 0.15) is 18.1 Å². The standard InChI is InChI=1S/C16H19NO4/c1-11-4-3-5-14(8-11)20-7-6-17-10-13-9-15(16(18)19)21-12(13)2/h3-5,8-9,17H,6-7,10H2,1-2H3,(H,18,19). The Bertz CT molecular complexity index is 618. The number of nitrogens with one attached hydrogen (secondary N) is 1. The van der Waals surface area contributed by atoms with Gasteiger partial charge in [-0.25, -0.2) is 4.79 Å². The monoisotopic (exact) mass is 289 g/mol. The topological polar surface area (TPSA) is 71.7 Å². The average molecular weight is 289 g/mol. The van der Waals surface area contributed by atoms with Crippen molar-refractivity contribution < 1.29 is 19.1 Å². The molecule has 0 atom stereocenters. The largest absolute Gasteiger partial charge is 0.492 e. The van der Waals surface area contributed by atoms with E-state index in [0.29, 0.717) is 25.5 Å². The Kier molecular flexibility index (Phi) is 5.00. The quantitative estimate of drug-likeness (QED) is 0.767. The van der Waals surface area contributed by atoms with Crippen LogP contribution in [0.5, 0.6) is 5.75 Å². The number of carboxylic acid groups (broad SMARTS) is 1. The third-order valence-corrected chi connectivity index (χ3v) is 3.08. The first kappa shape index (κ1) is 15.1. The Morgan fingerprint density at radius 1 is 1.33 bits per heavy atom. The maximum Gasteiger partial charge on any atom is 0.371 e. The predicted octanol–water partition coefficient (Wildman–Crippen LogP) is 2.76. The Balaban J connectivity index is 1.74. The van der Waals surface area contributed by atoms with Crippen LogP contribution < -0.4 is 10.1 Å². The van der Waals surface area contributed by atoms with E-state index >= 15 is 0 Å². The molecular formula is C16H19NO4. The lowest BCUT2D eigenvalue weighted by atomic mass is 10.2. The summed E-state index contributed by atoms with van der Waals surface area (Å²) in [6, 6.07) is 9.44. The van der Waals surface area contributed by atoms with Gasteiger partial charge in [0.25, 0.3) is 0 Å². The van der Waals surface area contributed by atoms with E-state index in [2.05, 4.69) is 5.32 Å². The van der Waals surface area contributed by atoms with Crippen LogP contribution in [0.4, 0.5) is 0 Å². The third-order valence-electron chi connectivity index (χ3n) is 3.08. The molecule has 2 N–H and O–H groups in total. The summed E-state index contributed by atoms with van der Waals surface area (Å²) in [5.74, 6) is 0.399. The van der Waals surface area contributed by atoms with E-state index < -0.39 is 5.97 Å². The molecule has 1 aromatic heterocycles. The summed E-state index contributed by atoms with van der Waals surface area (Å²) in [5.41, 5.74) is 2.01. The van der Waals surface area contributed by atoms with Crippen molar-refractivity contribution >= 4 is 5.97 Å². The molecule has 1 heterocycles. The van der Waals surface area contributed by atoms with Crippen LogP contribution in [-0.2, 0) is 6.54 Å². The van der Waals surface area contributed by atoms with Crippen molar-refractivity contribution in [2.75, 3.05) is 13.2 Å². The molecule has 112 valence electrons. The maximum absolute atomic E-state index is 10.8. The van der Waals surface area contributed by atoms with Crippen molar-refractivity contribution in [3.05, 3.63) is 53.0 Å². The molecule has 2 aromatic rings. The molecule has 0 amide bonds. The predicted molar refractivity (Wildman–Crippen MR) is 78.8 cm³/mol. The van der Waals surface area contributed by atoms with Crippen LogP contribution in [0.15, 0.2) is 34.7 Å². The van der Waals surface area contributed by atoms with Crippen LogP contribution in [0.1, 0.15) is 27.4 Å². The summed E-state index contributed by atoms with van der Waals surface area (Å²) in [7, 11) is 0. The molecule has 0 aliphatic heterocycles. The van der Waals surface area contributed by atoms with Gasteiger partial charge in [0, 0.05) is 18.7 Å². The zero-order chi connectivity index (χ0) is 15.2. The van der Waals surface area contributed by atoms with Gasteiger partial charge in [-0.15, -0.1) is 0 Å². The summed E-state index contributed by atoms with van der Waals surface area (Å²) in [6.07, 6.45) is 0. The number of aromatic carboxylic acids is 1. The molecule has 0 unspecified atom stereocenters. The first-order valence-electron chi connectivity index (χ1n) is 6.79. The second-order valence-electron chi connectivity index (χ2n) is 4.84. The molecule has 1 aromatic carbocycles. The summed E-state index contributed by atoms with van der Waals surface area (Å²) >= 11 is 0. The maximum atomic E-state index is 10.8. The minimum absolute atomic E-state index is 0.0275. The number of aryl methyl sites for hydroxylation is 2. The fourth-order valence-corrected chi connectivity index (χ4v) is 1.97. The number of benzene rings is 1. The molecule has 21 heavy (non-hydrogen) atoms. The van der Waals surface area contributed by atoms with Crippen molar-refractivity contribution in [1.82, 2.24) is 5.32 Å². The SMILES string of the molecule is Cc1cccc(OCCNCc2cc(C(=O)O)oc2C)c1. The Morgan fingerprint density at radius 2 is 2.14 bits per heavy atom. The van der Waals surface area contributed by atoms with Gasteiger partial charge in [-0.05, 0) is 37.6 Å². The highest BCUT2D eigenvalue weighted by atomic mass is 16.5. The smallest absolute Gasteiger partial charge is 0.371 e. The van der Waals surface area contributed by atoms with Crippen molar-refractivity contribution in [3.8, 4) is 5.75 Å². The number of furan rings is 1. The summed E-state index contributed by atoms with van der Waals surface area (Å²) < 4.78 is 10.8. The van der Waals surface area contributed by atoms with Crippen LogP contribution >= 0.6 is 0 Å². The Morgan fingerprint density at radius 3 is 2.81 bits per heavy atom. The van der Waals surface area contributed by atoms with Gasteiger partial charge < -0.3 is 19.6 Å². The lowest BCUT2D eigenvalue weighted by Crippen LogP contribution is -2.20. The summed E-state index contributed by atoms with van der Waals surface area (Å²) in [4.78, 5) is 10.8. The van der Waals surface area contributed by atoms with Gasteiger partial charge in [0.05, 0.1) is 0 Å². The summed E-state index contributed by atoms with van der Waals surface area (Å²) in [5, 5.41) is 12.0. The van der Waals surface area contributed by atoms with Gasteiger partial charge in [0.2, 0.25) is 5.76 Å². The lowest BCUT2D eigenvalue weighted by Gasteiger charge is -2.07. The Hall–Kier alpha value is -2.27. The normalized spacial score (nSPS) is 10.6. The molecule has 0 bridgehead atoms. The minimum atomic E-state index is -1.05. The number of hydrogen-bond acceptors (Lipinski definition) is 4. The molecule has 0 radical (unpaired) electrons. The van der Waals surface area contributed by atoms with E-state index in [-0.39, 0.29) is 5.76 Å². The van der Waals surface area contributed by atoms with Crippen molar-refractivity contribution in [2.24, 2.45) is 0 Å². The lowest BCUT2D eigenvalue weighted by molar-refractivity contribution is 0.0661. The average Bonchev–Trinajstić information content (AvgIpc) is 2.80. The van der Waals surface area contributed by atoms with Crippen LogP contribution in [0.2, 0.25) is 0 Å². The van der Waals surface area contributed by atoms with E-state index in [1.807, 2.05) is 31.2 Å². The van der Waals surface area contributed by atoms with E-state index in [9.17, 15) is 4.79 Å². The van der Waals surface area contributed by atoms with Crippen molar-refractivity contribution in [3.63, 3.8) is 0 Å². The van der Waals surface area contributed by atoms with Crippen LogP contribution in [0.25, 0.3) is 0 Å². The number of carboxylic acids is 1. The fourth-order valence-electron chi connectivity index (χ4n) is 1.97. The molecular weight excluding hydrogens is 270 g/mol. The highest BCUT2D eigenvalue weighted by Crippen LogP contribution is 2.14. The van der Waals surface area contributed by atoms with E-state index in [4.69, 9.17) is 14.3 Å². The molecule has 0 spiro atoms. The highest BCUT2D eigenvalue weighted by molar-refractivity contribution is 5.84. The summed E-state index contributed by atoms with van der Waals surface area (Å²) in [6.45, 7) is 5.55. The zero-order valence-electron chi connectivity index (χ0n) is 12.2. The molecule has 0 saturated carbocycles. The highest BCUT2D eigenvalue weighted by Gasteiger charge is 2.12. The first-order valence-corrected chi connectivity index (χ1v) is 6.79. The second-order valence-corrected chi connectivity index (χ2v) is 4.84. The van der Waals surface area contributed by atoms with Crippen molar-refractivity contribution in [2.45, 2.75) is 20.4 Å². The number of ether oxygens (including phenoxy) is 1. The van der Waals surface area contributed by atoms with Gasteiger partial charge in [-0.3, -0.25) is 0 Å².